The molecule has 0 aliphatic heterocycles. The van der Waals surface area contributed by atoms with E-state index >= 15 is 0 Å². The highest BCUT2D eigenvalue weighted by Gasteiger charge is 2.26. The maximum Gasteiger partial charge on any atom is 0.227 e. The molecule has 1 aromatic rings. The molecular weight excluding hydrogens is 298 g/mol. The Morgan fingerprint density at radius 2 is 2.00 bits per heavy atom. The number of thiazole rings is 1. The van der Waals surface area contributed by atoms with Crippen LogP contribution in [-0.4, -0.2) is 37.0 Å². The van der Waals surface area contributed by atoms with Crippen molar-refractivity contribution in [1.82, 2.24) is 20.9 Å². The lowest BCUT2D eigenvalue weighted by Gasteiger charge is -2.24. The number of hydrogen-bond acceptors (Lipinski definition) is 4. The van der Waals surface area contributed by atoms with Gasteiger partial charge in [0.1, 0.15) is 5.01 Å². The molecule has 0 aromatic carbocycles. The summed E-state index contributed by atoms with van der Waals surface area (Å²) in [6, 6.07) is 0. The van der Waals surface area contributed by atoms with Crippen LogP contribution in [0.1, 0.15) is 36.3 Å². The summed E-state index contributed by atoms with van der Waals surface area (Å²) in [4.78, 5) is 22.1. The standard InChI is InChI=1S/C15H27N5OS/c1-7-17-14(19-9-15(4,5)13(21)16-6)18-8-12-20-10(2)11(3)22-12/h7-9H2,1-6H3,(H,16,21)(H2,17,18,19). The van der Waals surface area contributed by atoms with Crippen LogP contribution in [0.2, 0.25) is 0 Å². The van der Waals surface area contributed by atoms with Gasteiger partial charge in [0.05, 0.1) is 17.7 Å². The van der Waals surface area contributed by atoms with Crippen molar-refractivity contribution < 1.29 is 4.79 Å². The molecule has 0 fully saturated rings. The Kier molecular flexibility index (Phi) is 6.80. The Morgan fingerprint density at radius 1 is 1.32 bits per heavy atom. The number of rotatable bonds is 6. The third-order valence-electron chi connectivity index (χ3n) is 3.33. The number of carbonyl (C=O) groups is 1. The molecule has 6 nitrogen and oxygen atoms in total. The predicted molar refractivity (Wildman–Crippen MR) is 92.3 cm³/mol. The molecular formula is C15H27N5OS. The summed E-state index contributed by atoms with van der Waals surface area (Å²) in [5, 5.41) is 10.1. The topological polar surface area (TPSA) is 78.4 Å². The zero-order valence-corrected chi connectivity index (χ0v) is 15.1. The summed E-state index contributed by atoms with van der Waals surface area (Å²) in [6.07, 6.45) is 0. The van der Waals surface area contributed by atoms with Crippen molar-refractivity contribution in [1.29, 1.82) is 0 Å². The molecule has 0 bridgehead atoms. The van der Waals surface area contributed by atoms with Crippen LogP contribution in [0.4, 0.5) is 0 Å². The van der Waals surface area contributed by atoms with E-state index in [1.165, 1.54) is 4.88 Å². The van der Waals surface area contributed by atoms with E-state index in [1.54, 1.807) is 18.4 Å². The van der Waals surface area contributed by atoms with Crippen molar-refractivity contribution in [3.8, 4) is 0 Å². The quantitative estimate of drug-likeness (QED) is 0.548. The second-order valence-electron chi connectivity index (χ2n) is 5.76. The molecule has 1 rings (SSSR count). The van der Waals surface area contributed by atoms with Crippen molar-refractivity contribution in [3.05, 3.63) is 15.6 Å². The fourth-order valence-electron chi connectivity index (χ4n) is 1.82. The van der Waals surface area contributed by atoms with E-state index < -0.39 is 5.41 Å². The molecule has 0 spiro atoms. The van der Waals surface area contributed by atoms with Crippen molar-refractivity contribution in [2.75, 3.05) is 20.1 Å². The largest absolute Gasteiger partial charge is 0.359 e. The average Bonchev–Trinajstić information content (AvgIpc) is 2.79. The molecule has 0 radical (unpaired) electrons. The molecule has 3 N–H and O–H groups in total. The molecule has 0 saturated carbocycles. The summed E-state index contributed by atoms with van der Waals surface area (Å²) in [5.41, 5.74) is 0.563. The first-order valence-electron chi connectivity index (χ1n) is 7.47. The monoisotopic (exact) mass is 325 g/mol. The lowest BCUT2D eigenvalue weighted by molar-refractivity contribution is -0.128. The average molecular weight is 325 g/mol. The fourth-order valence-corrected chi connectivity index (χ4v) is 2.68. The minimum absolute atomic E-state index is 0.00187. The van der Waals surface area contributed by atoms with Gasteiger partial charge in [0.15, 0.2) is 5.96 Å². The predicted octanol–water partition coefficient (Wildman–Crippen LogP) is 1.59. The van der Waals surface area contributed by atoms with Gasteiger partial charge in [-0.15, -0.1) is 11.3 Å². The molecule has 0 saturated heterocycles. The minimum Gasteiger partial charge on any atom is -0.359 e. The highest BCUT2D eigenvalue weighted by molar-refractivity contribution is 7.11. The Bertz CT molecular complexity index is 517. The van der Waals surface area contributed by atoms with Gasteiger partial charge in [-0.2, -0.15) is 0 Å². The third-order valence-corrected chi connectivity index (χ3v) is 4.39. The van der Waals surface area contributed by atoms with Gasteiger partial charge in [0, 0.05) is 25.0 Å². The molecule has 7 heteroatoms. The second kappa shape index (κ2) is 8.12. The summed E-state index contributed by atoms with van der Waals surface area (Å²) in [5.74, 6) is 0.701. The number of guanidine groups is 1. The van der Waals surface area contributed by atoms with E-state index in [0.29, 0.717) is 19.0 Å². The van der Waals surface area contributed by atoms with Crippen LogP contribution >= 0.6 is 11.3 Å². The van der Waals surface area contributed by atoms with Crippen molar-refractivity contribution >= 4 is 23.2 Å². The lowest BCUT2D eigenvalue weighted by Crippen LogP contribution is -2.47. The van der Waals surface area contributed by atoms with Crippen LogP contribution in [0.5, 0.6) is 0 Å². The van der Waals surface area contributed by atoms with Crippen LogP contribution < -0.4 is 16.0 Å². The summed E-state index contributed by atoms with van der Waals surface area (Å²) in [7, 11) is 1.65. The molecule has 0 aliphatic carbocycles. The van der Waals surface area contributed by atoms with Crippen molar-refractivity contribution in [2.24, 2.45) is 10.4 Å². The fraction of sp³-hybridized carbons (Fsp3) is 0.667. The van der Waals surface area contributed by atoms with E-state index in [9.17, 15) is 4.79 Å². The van der Waals surface area contributed by atoms with Crippen LogP contribution in [0.25, 0.3) is 0 Å². The SMILES string of the molecule is CCNC(=NCc1nc(C)c(C)s1)NCC(C)(C)C(=O)NC. The molecule has 22 heavy (non-hydrogen) atoms. The summed E-state index contributed by atoms with van der Waals surface area (Å²) in [6.45, 7) is 11.7. The zero-order valence-electron chi connectivity index (χ0n) is 14.3. The van der Waals surface area contributed by atoms with Crippen molar-refractivity contribution in [2.45, 2.75) is 41.2 Å². The van der Waals surface area contributed by atoms with Crippen LogP contribution in [0.3, 0.4) is 0 Å². The molecule has 1 heterocycles. The zero-order chi connectivity index (χ0) is 16.8. The Hall–Kier alpha value is -1.63. The first kappa shape index (κ1) is 18.4. The summed E-state index contributed by atoms with van der Waals surface area (Å²) >= 11 is 1.67. The molecule has 1 aromatic heterocycles. The van der Waals surface area contributed by atoms with Gasteiger partial charge in [-0.3, -0.25) is 4.79 Å². The van der Waals surface area contributed by atoms with Crippen LogP contribution in [0, 0.1) is 19.3 Å². The highest BCUT2D eigenvalue weighted by atomic mass is 32.1. The third kappa shape index (κ3) is 5.29. The smallest absolute Gasteiger partial charge is 0.227 e. The maximum atomic E-state index is 11.8. The molecule has 0 atom stereocenters. The van der Waals surface area contributed by atoms with Crippen LogP contribution in [-0.2, 0) is 11.3 Å². The van der Waals surface area contributed by atoms with Gasteiger partial charge >= 0.3 is 0 Å². The Balaban J connectivity index is 2.68. The first-order valence-corrected chi connectivity index (χ1v) is 8.29. The number of aryl methyl sites for hydroxylation is 2. The van der Waals surface area contributed by atoms with E-state index in [2.05, 4.69) is 32.9 Å². The number of aliphatic imine (C=N–C) groups is 1. The highest BCUT2D eigenvalue weighted by Crippen LogP contribution is 2.17. The molecule has 124 valence electrons. The van der Waals surface area contributed by atoms with Crippen LogP contribution in [0.15, 0.2) is 4.99 Å². The van der Waals surface area contributed by atoms with E-state index in [-0.39, 0.29) is 5.91 Å². The first-order chi connectivity index (χ1) is 10.3. The number of aromatic nitrogens is 1. The van der Waals surface area contributed by atoms with Gasteiger partial charge in [-0.25, -0.2) is 9.98 Å². The van der Waals surface area contributed by atoms with Gasteiger partial charge < -0.3 is 16.0 Å². The number of amides is 1. The number of carbonyl (C=O) groups excluding carboxylic acids is 1. The van der Waals surface area contributed by atoms with E-state index in [0.717, 1.165) is 17.2 Å². The molecule has 1 amide bonds. The minimum atomic E-state index is -0.501. The summed E-state index contributed by atoms with van der Waals surface area (Å²) < 4.78 is 0. The van der Waals surface area contributed by atoms with E-state index in [1.807, 2.05) is 27.7 Å². The second-order valence-corrected chi connectivity index (χ2v) is 7.05. The van der Waals surface area contributed by atoms with Gasteiger partial charge in [-0.1, -0.05) is 0 Å². The molecule has 0 aliphatic rings. The normalized spacial score (nSPS) is 12.2. The Morgan fingerprint density at radius 3 is 2.50 bits per heavy atom. The maximum absolute atomic E-state index is 11.8. The lowest BCUT2D eigenvalue weighted by atomic mass is 9.92. The van der Waals surface area contributed by atoms with Gasteiger partial charge in [0.25, 0.3) is 0 Å². The van der Waals surface area contributed by atoms with E-state index in [4.69, 9.17) is 0 Å². The number of nitrogens with one attached hydrogen (secondary N) is 3. The van der Waals surface area contributed by atoms with Crippen molar-refractivity contribution in [3.63, 3.8) is 0 Å². The molecule has 0 unspecified atom stereocenters. The Labute approximate surface area is 136 Å². The number of hydrogen-bond donors (Lipinski definition) is 3. The van der Waals surface area contributed by atoms with Gasteiger partial charge in [-0.05, 0) is 34.6 Å². The van der Waals surface area contributed by atoms with Gasteiger partial charge in [0.2, 0.25) is 5.91 Å². The number of nitrogens with zero attached hydrogens (tertiary/aromatic N) is 2.